The van der Waals surface area contributed by atoms with E-state index in [-0.39, 0.29) is 0 Å². The Morgan fingerprint density at radius 3 is 2.44 bits per heavy atom. The molecular weight excluding hydrogens is 270 g/mol. The quantitative estimate of drug-likeness (QED) is 0.526. The zero-order valence-corrected chi connectivity index (χ0v) is 10.9. The molecule has 6 heteroatoms. The summed E-state index contributed by atoms with van der Waals surface area (Å²) in [6.07, 6.45) is 0. The Labute approximate surface area is 106 Å². The summed E-state index contributed by atoms with van der Waals surface area (Å²) in [7, 11) is -2.33. The molecule has 1 unspecified atom stereocenters. The highest BCUT2D eigenvalue weighted by Gasteiger charge is 2.14. The van der Waals surface area contributed by atoms with Crippen LogP contribution in [0.5, 0.6) is 0 Å². The maximum Gasteiger partial charge on any atom is 0.597 e. The van der Waals surface area contributed by atoms with Crippen molar-refractivity contribution in [3.63, 3.8) is 0 Å². The van der Waals surface area contributed by atoms with Gasteiger partial charge in [0, 0.05) is 10.8 Å². The van der Waals surface area contributed by atoms with E-state index in [0.717, 1.165) is 15.9 Å². The summed E-state index contributed by atoms with van der Waals surface area (Å²) in [6.45, 7) is 0. The Balaban J connectivity index is 0.000000297. The van der Waals surface area contributed by atoms with E-state index in [0.29, 0.717) is 5.58 Å². The number of para-hydroxylation sites is 1. The number of hydrogen-bond acceptors (Lipinski definition) is 4. The first-order chi connectivity index (χ1) is 9.27. The van der Waals surface area contributed by atoms with Crippen molar-refractivity contribution >= 4 is 37.8 Å². The molecule has 0 saturated heterocycles. The van der Waals surface area contributed by atoms with Gasteiger partial charge in [-0.15, -0.1) is 0 Å². The highest BCUT2D eigenvalue weighted by Crippen LogP contribution is 2.34. The summed E-state index contributed by atoms with van der Waals surface area (Å²) in [5, 5.41) is 2.81. The molecule has 1 atom stereocenters. The molecule has 3 rings (SSSR count). The third-order valence-corrected chi connectivity index (χ3v) is 3.61. The van der Waals surface area contributed by atoms with Crippen molar-refractivity contribution in [2.24, 2.45) is 0 Å². The summed E-state index contributed by atoms with van der Waals surface area (Å²) in [6, 6.07) is 15.3. The monoisotopic (exact) mass is 280 g/mol. The second-order valence-corrected chi connectivity index (χ2v) is 4.76. The molecule has 2 aromatic carbocycles. The smallest absolute Gasteiger partial charge is 0.310 e. The standard InChI is InChI=1S/C12H8O2P.HO2P/c13-15-12-8-4-2-6-10(12)9-5-1-3-7-11(9)14-15;1-3-2/h1-8H;(H,1,2)/q+1;/i/hD. The van der Waals surface area contributed by atoms with E-state index >= 15 is 0 Å². The van der Waals surface area contributed by atoms with Crippen LogP contribution in [0.2, 0.25) is 0 Å². The van der Waals surface area contributed by atoms with Crippen LogP contribution in [0.3, 0.4) is 0 Å². The molecule has 0 amide bonds. The average Bonchev–Trinajstić information content (AvgIpc) is 2.48. The van der Waals surface area contributed by atoms with Crippen molar-refractivity contribution in [2.75, 3.05) is 0 Å². The van der Waals surface area contributed by atoms with Gasteiger partial charge in [-0.3, -0.25) is 0 Å². The van der Waals surface area contributed by atoms with Crippen LogP contribution in [0.15, 0.2) is 52.7 Å². The summed E-state index contributed by atoms with van der Waals surface area (Å²) < 4.78 is 31.6. The van der Waals surface area contributed by atoms with E-state index in [1.807, 2.05) is 48.5 Å². The third-order valence-electron chi connectivity index (χ3n) is 2.46. The lowest BCUT2D eigenvalue weighted by atomic mass is 10.1. The van der Waals surface area contributed by atoms with Gasteiger partial charge in [-0.25, -0.2) is 8.76 Å². The van der Waals surface area contributed by atoms with Gasteiger partial charge in [0.05, 0.1) is 0 Å². The molecule has 1 heterocycles. The van der Waals surface area contributed by atoms with E-state index in [4.69, 9.17) is 10.2 Å². The topological polar surface area (TPSA) is 67.5 Å². The van der Waals surface area contributed by atoms with Crippen molar-refractivity contribution < 1.29 is 18.2 Å². The number of rotatable bonds is 1. The normalized spacial score (nSPS) is 12.0. The van der Waals surface area contributed by atoms with Crippen molar-refractivity contribution in [1.29, 1.82) is 1.43 Å². The zero-order valence-electron chi connectivity index (χ0n) is 10.1. The molecule has 1 N–H and O–H groups in total. The molecular formula is C12H9O4P2+. The predicted molar refractivity (Wildman–Crippen MR) is 71.2 cm³/mol. The molecule has 4 nitrogen and oxygen atoms in total. The van der Waals surface area contributed by atoms with Crippen LogP contribution < -0.4 is 0 Å². The third kappa shape index (κ3) is 2.46. The second kappa shape index (κ2) is 5.83. The predicted octanol–water partition coefficient (Wildman–Crippen LogP) is 4.51. The summed E-state index contributed by atoms with van der Waals surface area (Å²) >= 11 is 0. The first kappa shape index (κ1) is 11.5. The van der Waals surface area contributed by atoms with Gasteiger partial charge in [-0.2, -0.15) is 0 Å². The van der Waals surface area contributed by atoms with Crippen molar-refractivity contribution in [3.8, 4) is 0 Å². The van der Waals surface area contributed by atoms with Crippen molar-refractivity contribution in [3.05, 3.63) is 48.5 Å². The van der Waals surface area contributed by atoms with Crippen LogP contribution in [0.25, 0.3) is 21.5 Å². The van der Waals surface area contributed by atoms with Gasteiger partial charge in [0.25, 0.3) is 0 Å². The molecule has 0 aliphatic rings. The lowest BCUT2D eigenvalue weighted by Gasteiger charge is -1.94. The molecule has 0 bridgehead atoms. The van der Waals surface area contributed by atoms with Gasteiger partial charge in [-0.05, 0) is 22.8 Å². The number of hydrogen-bond donors (Lipinski definition) is 1. The maximum atomic E-state index is 11.8. The van der Waals surface area contributed by atoms with E-state index < -0.39 is 16.3 Å². The highest BCUT2D eigenvalue weighted by molar-refractivity contribution is 7.37. The van der Waals surface area contributed by atoms with Gasteiger partial charge >= 0.3 is 16.3 Å². The van der Waals surface area contributed by atoms with Crippen LogP contribution >= 0.6 is 16.3 Å². The minimum Gasteiger partial charge on any atom is -0.310 e. The minimum atomic E-state index is -1.74. The van der Waals surface area contributed by atoms with Crippen molar-refractivity contribution in [2.45, 2.75) is 0 Å². The van der Waals surface area contributed by atoms with Gasteiger partial charge in [0.1, 0.15) is 0 Å². The van der Waals surface area contributed by atoms with E-state index in [2.05, 4.69) is 4.90 Å². The molecule has 0 radical (unpaired) electrons. The Kier molecular flexibility index (Phi) is 3.72. The molecule has 0 spiro atoms. The lowest BCUT2D eigenvalue weighted by molar-refractivity contribution is 0.524. The van der Waals surface area contributed by atoms with Crippen LogP contribution in [0, 0.1) is 0 Å². The summed E-state index contributed by atoms with van der Waals surface area (Å²) in [4.78, 5) is 3.21. The fraction of sp³-hybridized carbons (Fsp3) is 0. The van der Waals surface area contributed by atoms with Crippen molar-refractivity contribution in [1.82, 2.24) is 0 Å². The Morgan fingerprint density at radius 2 is 1.72 bits per heavy atom. The zero-order chi connectivity index (χ0) is 13.7. The molecule has 0 fully saturated rings. The molecule has 0 aliphatic heterocycles. The minimum absolute atomic E-state index is 0.585. The fourth-order valence-electron chi connectivity index (χ4n) is 1.77. The van der Waals surface area contributed by atoms with Crippen LogP contribution in [0.1, 0.15) is 0 Å². The van der Waals surface area contributed by atoms with E-state index in [1.54, 1.807) is 0 Å². The van der Waals surface area contributed by atoms with Crippen LogP contribution in [-0.4, -0.2) is 6.33 Å². The molecule has 1 aromatic heterocycles. The first-order valence-electron chi connectivity index (χ1n) is 5.47. The number of fused-ring (bicyclic) bond motifs is 3. The summed E-state index contributed by atoms with van der Waals surface area (Å²) in [5.41, 5.74) is 0.706. The average molecular weight is 280 g/mol. The fourth-order valence-corrected chi connectivity index (χ4v) is 2.80. The van der Waals surface area contributed by atoms with E-state index in [1.165, 1.54) is 0 Å². The Morgan fingerprint density at radius 1 is 1.11 bits per heavy atom. The van der Waals surface area contributed by atoms with Crippen LogP contribution in [-0.2, 0) is 9.13 Å². The molecule has 18 heavy (non-hydrogen) atoms. The first-order valence-corrected chi connectivity index (χ1v) is 6.97. The molecule has 0 saturated carbocycles. The number of benzene rings is 2. The Bertz CT molecular complexity index is 772. The molecule has 90 valence electrons. The van der Waals surface area contributed by atoms with E-state index in [9.17, 15) is 4.57 Å². The van der Waals surface area contributed by atoms with Gasteiger partial charge < -0.3 is 4.90 Å². The molecule has 0 aliphatic carbocycles. The van der Waals surface area contributed by atoms with Crippen LogP contribution in [0.4, 0.5) is 0 Å². The lowest BCUT2D eigenvalue weighted by Crippen LogP contribution is -1.73. The summed E-state index contributed by atoms with van der Waals surface area (Å²) in [5.74, 6) is 0. The largest absolute Gasteiger partial charge is 0.597 e. The maximum absolute atomic E-state index is 11.8. The second-order valence-electron chi connectivity index (χ2n) is 3.44. The Hall–Kier alpha value is -1.60. The highest BCUT2D eigenvalue weighted by atomic mass is 31.1. The van der Waals surface area contributed by atoms with Gasteiger partial charge in [0.15, 0.2) is 5.58 Å². The van der Waals surface area contributed by atoms with Gasteiger partial charge in [0.2, 0.25) is 6.55 Å². The van der Waals surface area contributed by atoms with Gasteiger partial charge in [-0.1, -0.05) is 30.3 Å². The molecule has 3 aromatic rings. The SMILES string of the molecule is O=[p+]1oc2ccccc2c2ccccc21.[2H]OP=O.